The highest BCUT2D eigenvalue weighted by atomic mass is 15.1. The first-order valence-electron chi connectivity index (χ1n) is 8.16. The maximum Gasteiger partial charge on any atom is 0.00922 e. The van der Waals surface area contributed by atoms with Crippen molar-refractivity contribution in [3.8, 4) is 0 Å². The van der Waals surface area contributed by atoms with E-state index in [2.05, 4.69) is 11.9 Å². The van der Waals surface area contributed by atoms with Crippen LogP contribution in [0.25, 0.3) is 0 Å². The first-order valence-corrected chi connectivity index (χ1v) is 8.16. The SMILES string of the molecule is CN(CCC1(CN)CCCCC1)C1CCCCC1. The lowest BCUT2D eigenvalue weighted by atomic mass is 9.72. The average molecular weight is 252 g/mol. The monoisotopic (exact) mass is 252 g/mol. The van der Waals surface area contributed by atoms with Gasteiger partial charge in [0.25, 0.3) is 0 Å². The van der Waals surface area contributed by atoms with Gasteiger partial charge < -0.3 is 10.6 Å². The quantitative estimate of drug-likeness (QED) is 0.811. The smallest absolute Gasteiger partial charge is 0.00922 e. The van der Waals surface area contributed by atoms with Gasteiger partial charge in [-0.25, -0.2) is 0 Å². The Hall–Kier alpha value is -0.0800. The zero-order chi connectivity index (χ0) is 12.8. The molecule has 0 unspecified atom stereocenters. The Morgan fingerprint density at radius 2 is 1.61 bits per heavy atom. The van der Waals surface area contributed by atoms with E-state index >= 15 is 0 Å². The molecule has 2 aliphatic carbocycles. The first kappa shape index (κ1) is 14.3. The number of hydrogen-bond acceptors (Lipinski definition) is 2. The third-order valence-electron chi connectivity index (χ3n) is 5.54. The van der Waals surface area contributed by atoms with E-state index in [9.17, 15) is 0 Å². The first-order chi connectivity index (χ1) is 8.76. The summed E-state index contributed by atoms with van der Waals surface area (Å²) in [6.45, 7) is 2.17. The van der Waals surface area contributed by atoms with Crippen molar-refractivity contribution in [1.82, 2.24) is 4.90 Å². The van der Waals surface area contributed by atoms with Crippen LogP contribution in [0, 0.1) is 5.41 Å². The third-order valence-corrected chi connectivity index (χ3v) is 5.54. The van der Waals surface area contributed by atoms with Crippen LogP contribution in [0.4, 0.5) is 0 Å². The molecule has 2 N–H and O–H groups in total. The van der Waals surface area contributed by atoms with Crippen molar-refractivity contribution in [1.29, 1.82) is 0 Å². The largest absolute Gasteiger partial charge is 0.330 e. The molecule has 0 aliphatic heterocycles. The molecule has 0 aromatic heterocycles. The van der Waals surface area contributed by atoms with E-state index < -0.39 is 0 Å². The molecule has 2 fully saturated rings. The Morgan fingerprint density at radius 1 is 1.00 bits per heavy atom. The Balaban J connectivity index is 1.77. The van der Waals surface area contributed by atoms with Gasteiger partial charge in [0.2, 0.25) is 0 Å². The highest BCUT2D eigenvalue weighted by Crippen LogP contribution is 2.38. The second kappa shape index (κ2) is 6.91. The molecule has 106 valence electrons. The van der Waals surface area contributed by atoms with Crippen LogP contribution < -0.4 is 5.73 Å². The van der Waals surface area contributed by atoms with E-state index in [1.54, 1.807) is 0 Å². The lowest BCUT2D eigenvalue weighted by molar-refractivity contribution is 0.125. The van der Waals surface area contributed by atoms with Crippen LogP contribution in [-0.2, 0) is 0 Å². The van der Waals surface area contributed by atoms with E-state index in [1.807, 2.05) is 0 Å². The number of hydrogen-bond donors (Lipinski definition) is 1. The minimum Gasteiger partial charge on any atom is -0.330 e. The van der Waals surface area contributed by atoms with E-state index in [-0.39, 0.29) is 0 Å². The summed E-state index contributed by atoms with van der Waals surface area (Å²) in [6, 6.07) is 0.858. The fourth-order valence-corrected chi connectivity index (χ4v) is 3.98. The molecule has 0 spiro atoms. The summed E-state index contributed by atoms with van der Waals surface area (Å²) in [6.07, 6.45) is 15.5. The summed E-state index contributed by atoms with van der Waals surface area (Å²) in [4.78, 5) is 2.63. The van der Waals surface area contributed by atoms with E-state index in [0.717, 1.165) is 12.6 Å². The van der Waals surface area contributed by atoms with Crippen LogP contribution in [0.15, 0.2) is 0 Å². The summed E-state index contributed by atoms with van der Waals surface area (Å²) in [5.41, 5.74) is 6.57. The Kier molecular flexibility index (Phi) is 5.50. The van der Waals surface area contributed by atoms with Crippen molar-refractivity contribution in [3.63, 3.8) is 0 Å². The van der Waals surface area contributed by atoms with Gasteiger partial charge in [0.1, 0.15) is 0 Å². The van der Waals surface area contributed by atoms with E-state index in [0.29, 0.717) is 5.41 Å². The molecule has 0 radical (unpaired) electrons. The zero-order valence-electron chi connectivity index (χ0n) is 12.3. The summed E-state index contributed by atoms with van der Waals surface area (Å²) in [7, 11) is 2.34. The highest BCUT2D eigenvalue weighted by Gasteiger charge is 2.31. The summed E-state index contributed by atoms with van der Waals surface area (Å²) in [5.74, 6) is 0. The molecular formula is C16H32N2. The normalized spacial score (nSPS) is 25.5. The van der Waals surface area contributed by atoms with Gasteiger partial charge in [0.05, 0.1) is 0 Å². The van der Waals surface area contributed by atoms with Crippen molar-refractivity contribution in [2.24, 2.45) is 11.1 Å². The predicted molar refractivity (Wildman–Crippen MR) is 78.7 cm³/mol. The van der Waals surface area contributed by atoms with Gasteiger partial charge >= 0.3 is 0 Å². The van der Waals surface area contributed by atoms with Crippen molar-refractivity contribution in [2.45, 2.75) is 76.7 Å². The molecule has 18 heavy (non-hydrogen) atoms. The molecule has 0 aromatic carbocycles. The topological polar surface area (TPSA) is 29.3 Å². The molecule has 0 aromatic rings. The van der Waals surface area contributed by atoms with Crippen molar-refractivity contribution < 1.29 is 0 Å². The van der Waals surface area contributed by atoms with Gasteiger partial charge in [-0.2, -0.15) is 0 Å². The van der Waals surface area contributed by atoms with Crippen LogP contribution in [0.5, 0.6) is 0 Å². The summed E-state index contributed by atoms with van der Waals surface area (Å²) in [5, 5.41) is 0. The van der Waals surface area contributed by atoms with Gasteiger partial charge in [0, 0.05) is 6.04 Å². The van der Waals surface area contributed by atoms with Crippen LogP contribution in [0.3, 0.4) is 0 Å². The maximum absolute atomic E-state index is 6.08. The molecule has 2 rings (SSSR count). The van der Waals surface area contributed by atoms with Crippen LogP contribution >= 0.6 is 0 Å². The molecule has 0 heterocycles. The molecule has 0 atom stereocenters. The third kappa shape index (κ3) is 3.71. The van der Waals surface area contributed by atoms with Crippen LogP contribution in [0.1, 0.15) is 70.6 Å². The summed E-state index contributed by atoms with van der Waals surface area (Å²) < 4.78 is 0. The number of rotatable bonds is 5. The van der Waals surface area contributed by atoms with Gasteiger partial charge in [-0.05, 0) is 57.7 Å². The fraction of sp³-hybridized carbons (Fsp3) is 1.00. The van der Waals surface area contributed by atoms with E-state index in [1.165, 1.54) is 77.2 Å². The second-order valence-corrected chi connectivity index (χ2v) is 6.79. The molecule has 2 heteroatoms. The standard InChI is InChI=1S/C16H32N2/c1-18(15-8-4-2-5-9-15)13-12-16(14-17)10-6-3-7-11-16/h15H,2-14,17H2,1H3. The second-order valence-electron chi connectivity index (χ2n) is 6.79. The van der Waals surface area contributed by atoms with Gasteiger partial charge in [-0.3, -0.25) is 0 Å². The van der Waals surface area contributed by atoms with Gasteiger partial charge in [-0.15, -0.1) is 0 Å². The lowest BCUT2D eigenvalue weighted by Gasteiger charge is -2.39. The lowest BCUT2D eigenvalue weighted by Crippen LogP contribution is -2.40. The van der Waals surface area contributed by atoms with Crippen molar-refractivity contribution >= 4 is 0 Å². The predicted octanol–water partition coefficient (Wildman–Crippen LogP) is 3.55. The van der Waals surface area contributed by atoms with Crippen LogP contribution in [0.2, 0.25) is 0 Å². The Morgan fingerprint density at radius 3 is 2.22 bits per heavy atom. The number of nitrogens with two attached hydrogens (primary N) is 1. The van der Waals surface area contributed by atoms with Gasteiger partial charge in [-0.1, -0.05) is 38.5 Å². The minimum atomic E-state index is 0.487. The minimum absolute atomic E-state index is 0.487. The van der Waals surface area contributed by atoms with Crippen molar-refractivity contribution in [2.75, 3.05) is 20.1 Å². The molecule has 0 amide bonds. The Bertz CT molecular complexity index is 227. The fourth-order valence-electron chi connectivity index (χ4n) is 3.98. The maximum atomic E-state index is 6.08. The zero-order valence-corrected chi connectivity index (χ0v) is 12.3. The summed E-state index contributed by atoms with van der Waals surface area (Å²) >= 11 is 0. The molecule has 2 aliphatic rings. The van der Waals surface area contributed by atoms with Crippen LogP contribution in [-0.4, -0.2) is 31.1 Å². The van der Waals surface area contributed by atoms with Crippen molar-refractivity contribution in [3.05, 3.63) is 0 Å². The highest BCUT2D eigenvalue weighted by molar-refractivity contribution is 4.85. The molecule has 0 bridgehead atoms. The molecule has 0 saturated heterocycles. The molecule has 2 saturated carbocycles. The molecule has 2 nitrogen and oxygen atoms in total. The average Bonchev–Trinajstić information content (AvgIpc) is 2.47. The number of nitrogens with zero attached hydrogens (tertiary/aromatic N) is 1. The Labute approximate surface area is 113 Å². The molecular weight excluding hydrogens is 220 g/mol. The van der Waals surface area contributed by atoms with Gasteiger partial charge in [0.15, 0.2) is 0 Å². The van der Waals surface area contributed by atoms with E-state index in [4.69, 9.17) is 5.73 Å².